The summed E-state index contributed by atoms with van der Waals surface area (Å²) in [5.74, 6) is 0. The van der Waals surface area contributed by atoms with E-state index in [1.54, 1.807) is 0 Å². The van der Waals surface area contributed by atoms with Crippen LogP contribution in [0.15, 0.2) is 176 Å². The summed E-state index contributed by atoms with van der Waals surface area (Å²) in [6.45, 7) is 0. The monoisotopic (exact) mass is 607 g/mol. The molecule has 0 saturated carbocycles. The molecule has 0 unspecified atom stereocenters. The fourth-order valence-electron chi connectivity index (χ4n) is 5.92. The Labute approximate surface area is 280 Å². The third kappa shape index (κ3) is 8.96. The SMILES string of the molecule is C(=C\C=C\c1ccc(N(c2ccc(/C=C/C=C/C=C/c3ccccc3)cc2)c2cccc3c2CCCC3)cc1)/C=C/c1ccccc1. The van der Waals surface area contributed by atoms with E-state index in [4.69, 9.17) is 0 Å². The van der Waals surface area contributed by atoms with Crippen LogP contribution >= 0.6 is 0 Å². The highest BCUT2D eigenvalue weighted by atomic mass is 15.1. The van der Waals surface area contributed by atoms with E-state index in [1.165, 1.54) is 63.3 Å². The van der Waals surface area contributed by atoms with Gasteiger partial charge in [0.1, 0.15) is 0 Å². The molecule has 0 aliphatic heterocycles. The molecule has 0 saturated heterocycles. The van der Waals surface area contributed by atoms with Crippen LogP contribution in [0.3, 0.4) is 0 Å². The van der Waals surface area contributed by atoms with Crippen molar-refractivity contribution in [2.24, 2.45) is 0 Å². The first kappa shape index (κ1) is 31.3. The van der Waals surface area contributed by atoms with Gasteiger partial charge < -0.3 is 4.90 Å². The van der Waals surface area contributed by atoms with Crippen molar-refractivity contribution in [1.29, 1.82) is 0 Å². The number of fused-ring (bicyclic) bond motifs is 1. The lowest BCUT2D eigenvalue weighted by Crippen LogP contribution is -2.15. The predicted octanol–water partition coefficient (Wildman–Crippen LogP) is 12.6. The molecule has 0 spiro atoms. The van der Waals surface area contributed by atoms with Crippen LogP contribution in [-0.2, 0) is 12.8 Å². The second kappa shape index (κ2) is 16.6. The normalized spacial score (nSPS) is 13.5. The van der Waals surface area contributed by atoms with Gasteiger partial charge in [0.25, 0.3) is 0 Å². The molecule has 0 N–H and O–H groups in total. The lowest BCUT2D eigenvalue weighted by molar-refractivity contribution is 0.686. The summed E-state index contributed by atoms with van der Waals surface area (Å²) in [6.07, 6.45) is 29.9. The fraction of sp³-hybridized carbons (Fsp3) is 0.0870. The van der Waals surface area contributed by atoms with Crippen molar-refractivity contribution in [2.75, 3.05) is 4.90 Å². The molecule has 0 fully saturated rings. The van der Waals surface area contributed by atoms with Crippen molar-refractivity contribution in [3.63, 3.8) is 0 Å². The molecule has 1 nitrogen and oxygen atoms in total. The van der Waals surface area contributed by atoms with Crippen molar-refractivity contribution in [3.05, 3.63) is 209 Å². The molecule has 47 heavy (non-hydrogen) atoms. The van der Waals surface area contributed by atoms with Crippen LogP contribution in [0.4, 0.5) is 17.1 Å². The first-order chi connectivity index (χ1) is 23.3. The minimum absolute atomic E-state index is 1.12. The molecule has 230 valence electrons. The Balaban J connectivity index is 1.18. The molecule has 0 heterocycles. The van der Waals surface area contributed by atoms with Crippen molar-refractivity contribution in [3.8, 4) is 0 Å². The van der Waals surface area contributed by atoms with Crippen molar-refractivity contribution >= 4 is 41.4 Å². The van der Waals surface area contributed by atoms with Crippen LogP contribution in [0.5, 0.6) is 0 Å². The number of nitrogens with zero attached hydrogens (tertiary/aromatic N) is 1. The van der Waals surface area contributed by atoms with E-state index in [9.17, 15) is 0 Å². The average Bonchev–Trinajstić information content (AvgIpc) is 3.13. The summed E-state index contributed by atoms with van der Waals surface area (Å²) in [7, 11) is 0. The molecule has 0 aromatic heterocycles. The van der Waals surface area contributed by atoms with Crippen LogP contribution in [0.1, 0.15) is 46.2 Å². The highest BCUT2D eigenvalue weighted by molar-refractivity contribution is 5.80. The molecule has 0 radical (unpaired) electrons. The number of allylic oxidation sites excluding steroid dienone is 8. The lowest BCUT2D eigenvalue weighted by Gasteiger charge is -2.30. The zero-order valence-electron chi connectivity index (χ0n) is 26.8. The van der Waals surface area contributed by atoms with Crippen LogP contribution < -0.4 is 4.90 Å². The van der Waals surface area contributed by atoms with Crippen molar-refractivity contribution in [1.82, 2.24) is 0 Å². The van der Waals surface area contributed by atoms with Gasteiger partial charge in [0.2, 0.25) is 0 Å². The maximum atomic E-state index is 2.42. The molecule has 1 heteroatoms. The topological polar surface area (TPSA) is 3.24 Å². The minimum atomic E-state index is 1.12. The number of rotatable bonds is 11. The van der Waals surface area contributed by atoms with E-state index in [-0.39, 0.29) is 0 Å². The van der Waals surface area contributed by atoms with Crippen molar-refractivity contribution in [2.45, 2.75) is 25.7 Å². The molecule has 5 aromatic carbocycles. The van der Waals surface area contributed by atoms with Gasteiger partial charge in [-0.15, -0.1) is 0 Å². The second-order valence-electron chi connectivity index (χ2n) is 11.7. The van der Waals surface area contributed by atoms with Gasteiger partial charge in [0, 0.05) is 17.1 Å². The van der Waals surface area contributed by atoms with Gasteiger partial charge in [-0.25, -0.2) is 0 Å². The molecule has 1 aliphatic carbocycles. The van der Waals surface area contributed by atoms with E-state index in [1.807, 2.05) is 12.1 Å². The summed E-state index contributed by atoms with van der Waals surface area (Å²) in [5, 5.41) is 0. The van der Waals surface area contributed by atoms with Crippen LogP contribution in [0.2, 0.25) is 0 Å². The highest BCUT2D eigenvalue weighted by Crippen LogP contribution is 2.40. The van der Waals surface area contributed by atoms with Gasteiger partial charge >= 0.3 is 0 Å². The van der Waals surface area contributed by atoms with Crippen LogP contribution in [0, 0.1) is 0 Å². The smallest absolute Gasteiger partial charge is 0.0496 e. The third-order valence-electron chi connectivity index (χ3n) is 8.34. The molecule has 0 bridgehead atoms. The van der Waals surface area contributed by atoms with Gasteiger partial charge in [-0.3, -0.25) is 0 Å². The molecule has 0 atom stereocenters. The first-order valence-corrected chi connectivity index (χ1v) is 16.6. The maximum Gasteiger partial charge on any atom is 0.0496 e. The zero-order chi connectivity index (χ0) is 31.9. The molecular formula is C46H41N. The van der Waals surface area contributed by atoms with Crippen LogP contribution in [-0.4, -0.2) is 0 Å². The van der Waals surface area contributed by atoms with Gasteiger partial charge in [0.15, 0.2) is 0 Å². The quantitative estimate of drug-likeness (QED) is 0.135. The fourth-order valence-corrected chi connectivity index (χ4v) is 5.92. The van der Waals surface area contributed by atoms with E-state index in [2.05, 4.69) is 193 Å². The Morgan fingerprint density at radius 1 is 0.362 bits per heavy atom. The van der Waals surface area contributed by atoms with Crippen LogP contribution in [0.25, 0.3) is 24.3 Å². The summed E-state index contributed by atoms with van der Waals surface area (Å²) >= 11 is 0. The molecular weight excluding hydrogens is 567 g/mol. The molecule has 0 amide bonds. The lowest BCUT2D eigenvalue weighted by atomic mass is 9.90. The summed E-state index contributed by atoms with van der Waals surface area (Å²) in [6, 6.07) is 45.3. The van der Waals surface area contributed by atoms with Crippen molar-refractivity contribution < 1.29 is 0 Å². The van der Waals surface area contributed by atoms with E-state index < -0.39 is 0 Å². The number of anilines is 3. The Morgan fingerprint density at radius 2 is 0.787 bits per heavy atom. The largest absolute Gasteiger partial charge is 0.310 e. The summed E-state index contributed by atoms with van der Waals surface area (Å²) in [5.41, 5.74) is 11.3. The summed E-state index contributed by atoms with van der Waals surface area (Å²) in [4.78, 5) is 2.42. The Morgan fingerprint density at radius 3 is 1.26 bits per heavy atom. The molecule has 5 aromatic rings. The number of hydrogen-bond acceptors (Lipinski definition) is 1. The van der Waals surface area contributed by atoms with Gasteiger partial charge in [0.05, 0.1) is 0 Å². The third-order valence-corrected chi connectivity index (χ3v) is 8.34. The van der Waals surface area contributed by atoms with E-state index in [0.717, 1.165) is 12.8 Å². The van der Waals surface area contributed by atoms with E-state index in [0.29, 0.717) is 0 Å². The molecule has 1 aliphatic rings. The highest BCUT2D eigenvalue weighted by Gasteiger charge is 2.20. The molecule has 6 rings (SSSR count). The average molecular weight is 608 g/mol. The minimum Gasteiger partial charge on any atom is -0.310 e. The maximum absolute atomic E-state index is 2.42. The van der Waals surface area contributed by atoms with Gasteiger partial charge in [-0.1, -0.05) is 170 Å². The number of benzene rings is 5. The Kier molecular flexibility index (Phi) is 11.1. The Hall–Kier alpha value is -5.66. The number of aryl methyl sites for hydroxylation is 1. The zero-order valence-corrected chi connectivity index (χ0v) is 26.8. The first-order valence-electron chi connectivity index (χ1n) is 16.6. The van der Waals surface area contributed by atoms with E-state index >= 15 is 0 Å². The van der Waals surface area contributed by atoms with Gasteiger partial charge in [-0.2, -0.15) is 0 Å². The Bertz CT molecular complexity index is 1770. The second-order valence-corrected chi connectivity index (χ2v) is 11.7. The van der Waals surface area contributed by atoms with Gasteiger partial charge in [-0.05, 0) is 89.4 Å². The summed E-state index contributed by atoms with van der Waals surface area (Å²) < 4.78 is 0. The number of hydrogen-bond donors (Lipinski definition) is 0. The standard InChI is InChI=1S/C46H41N/c1(7-18-38-20-11-5-12-21-38)3-9-24-40-30-34-43(35-31-40)47(46-29-17-27-42-26-15-16-28-45(42)46)44-36-32-41(33-37-44)25-10-4-2-8-19-39-22-13-6-14-23-39/h1-14,17-25,27,29-37H,15-16,26,28H2/b3-1+,4-2+,18-7+,19-8+,24-9+,25-10+. The predicted molar refractivity (Wildman–Crippen MR) is 205 cm³/mol.